The summed E-state index contributed by atoms with van der Waals surface area (Å²) in [7, 11) is 0. The van der Waals surface area contributed by atoms with Gasteiger partial charge in [-0.05, 0) is 38.0 Å². The number of ketones is 2. The van der Waals surface area contributed by atoms with Crippen molar-refractivity contribution in [3.05, 3.63) is 0 Å². The van der Waals surface area contributed by atoms with Crippen molar-refractivity contribution in [1.29, 1.82) is 0 Å². The van der Waals surface area contributed by atoms with Gasteiger partial charge in [-0.25, -0.2) is 0 Å². The molecule has 0 radical (unpaired) electrons. The minimum Gasteiger partial charge on any atom is -0.299 e. The van der Waals surface area contributed by atoms with Crippen molar-refractivity contribution in [2.45, 2.75) is 40.5 Å². The molecule has 0 aromatic carbocycles. The van der Waals surface area contributed by atoms with Gasteiger partial charge in [0.15, 0.2) is 0 Å². The summed E-state index contributed by atoms with van der Waals surface area (Å²) in [6.07, 6.45) is 1.92. The zero-order chi connectivity index (χ0) is 10.2. The van der Waals surface area contributed by atoms with Crippen LogP contribution in [0.3, 0.4) is 0 Å². The second-order valence-corrected chi connectivity index (χ2v) is 4.90. The topological polar surface area (TPSA) is 34.1 Å². The molecule has 1 rings (SSSR count). The van der Waals surface area contributed by atoms with Gasteiger partial charge in [-0.3, -0.25) is 9.59 Å². The molecule has 0 N–H and O–H groups in total. The molecule has 0 aromatic rings. The summed E-state index contributed by atoms with van der Waals surface area (Å²) in [6.45, 7) is 7.41. The third-order valence-corrected chi connectivity index (χ3v) is 3.22. The minimum atomic E-state index is -0.341. The van der Waals surface area contributed by atoms with E-state index in [2.05, 4.69) is 13.8 Å². The molecular formula is C11H18O2. The maximum Gasteiger partial charge on any atom is 0.140 e. The highest BCUT2D eigenvalue weighted by Crippen LogP contribution is 2.54. The molecule has 0 saturated heterocycles. The van der Waals surface area contributed by atoms with Crippen LogP contribution in [0, 0.1) is 17.3 Å². The summed E-state index contributed by atoms with van der Waals surface area (Å²) >= 11 is 0. The highest BCUT2D eigenvalue weighted by Gasteiger charge is 2.47. The van der Waals surface area contributed by atoms with E-state index in [1.807, 2.05) is 0 Å². The van der Waals surface area contributed by atoms with Gasteiger partial charge in [0.05, 0.1) is 5.92 Å². The minimum absolute atomic E-state index is 0.0233. The number of hydrogen-bond acceptors (Lipinski definition) is 2. The molecular weight excluding hydrogens is 164 g/mol. The van der Waals surface area contributed by atoms with Crippen LogP contribution in [0.5, 0.6) is 0 Å². The first-order chi connectivity index (χ1) is 5.84. The van der Waals surface area contributed by atoms with Crippen LogP contribution in [0.15, 0.2) is 0 Å². The monoisotopic (exact) mass is 182 g/mol. The van der Waals surface area contributed by atoms with Crippen molar-refractivity contribution in [3.8, 4) is 0 Å². The van der Waals surface area contributed by atoms with Crippen molar-refractivity contribution < 1.29 is 9.59 Å². The van der Waals surface area contributed by atoms with Crippen LogP contribution >= 0.6 is 0 Å². The molecule has 1 fully saturated rings. The van der Waals surface area contributed by atoms with Gasteiger partial charge in [0.2, 0.25) is 0 Å². The lowest BCUT2D eigenvalue weighted by Crippen LogP contribution is -2.20. The van der Waals surface area contributed by atoms with Gasteiger partial charge < -0.3 is 0 Å². The van der Waals surface area contributed by atoms with Crippen molar-refractivity contribution in [2.24, 2.45) is 17.3 Å². The van der Waals surface area contributed by atoms with Crippen LogP contribution in [0.2, 0.25) is 0 Å². The summed E-state index contributed by atoms with van der Waals surface area (Å²) < 4.78 is 0. The number of carbonyl (C=O) groups excluding carboxylic acids is 2. The molecule has 0 heterocycles. The van der Waals surface area contributed by atoms with Gasteiger partial charge in [0.1, 0.15) is 11.6 Å². The average Bonchev–Trinajstić information content (AvgIpc) is 2.52. The number of carbonyl (C=O) groups is 2. The fraction of sp³-hybridized carbons (Fsp3) is 0.818. The van der Waals surface area contributed by atoms with E-state index in [1.54, 1.807) is 0 Å². The Bertz CT molecular complexity index is 226. The molecule has 1 aliphatic carbocycles. The van der Waals surface area contributed by atoms with Crippen LogP contribution in [-0.4, -0.2) is 11.6 Å². The van der Waals surface area contributed by atoms with E-state index < -0.39 is 0 Å². The molecule has 13 heavy (non-hydrogen) atoms. The normalized spacial score (nSPS) is 24.5. The van der Waals surface area contributed by atoms with Gasteiger partial charge in [-0.2, -0.15) is 0 Å². The van der Waals surface area contributed by atoms with Crippen LogP contribution in [-0.2, 0) is 9.59 Å². The second kappa shape index (κ2) is 3.24. The molecule has 1 saturated carbocycles. The van der Waals surface area contributed by atoms with E-state index in [0.717, 1.165) is 12.8 Å². The average molecular weight is 182 g/mol. The van der Waals surface area contributed by atoms with Gasteiger partial charge in [0.25, 0.3) is 0 Å². The van der Waals surface area contributed by atoms with Crippen LogP contribution in [0.4, 0.5) is 0 Å². The van der Waals surface area contributed by atoms with Crippen LogP contribution in [0.25, 0.3) is 0 Å². The summed E-state index contributed by atoms with van der Waals surface area (Å²) in [6, 6.07) is 0. The predicted molar refractivity (Wildman–Crippen MR) is 51.4 cm³/mol. The summed E-state index contributed by atoms with van der Waals surface area (Å²) in [4.78, 5) is 22.3. The Hall–Kier alpha value is -0.660. The maximum absolute atomic E-state index is 11.1. The summed E-state index contributed by atoms with van der Waals surface area (Å²) in [5.41, 5.74) is 0.364. The Morgan fingerprint density at radius 2 is 1.69 bits per heavy atom. The lowest BCUT2D eigenvalue weighted by atomic mass is 9.92. The Morgan fingerprint density at radius 1 is 1.31 bits per heavy atom. The largest absolute Gasteiger partial charge is 0.299 e. The Kier molecular flexibility index (Phi) is 2.60. The van der Waals surface area contributed by atoms with Crippen LogP contribution in [0.1, 0.15) is 40.5 Å². The van der Waals surface area contributed by atoms with Crippen molar-refractivity contribution in [1.82, 2.24) is 0 Å². The fourth-order valence-corrected chi connectivity index (χ4v) is 1.88. The maximum atomic E-state index is 11.1. The Labute approximate surface area is 79.7 Å². The first-order valence-electron chi connectivity index (χ1n) is 4.85. The van der Waals surface area contributed by atoms with Crippen molar-refractivity contribution >= 4 is 11.6 Å². The molecule has 0 amide bonds. The highest BCUT2D eigenvalue weighted by molar-refractivity contribution is 6.00. The summed E-state index contributed by atoms with van der Waals surface area (Å²) in [5, 5.41) is 0. The molecule has 1 unspecified atom stereocenters. The van der Waals surface area contributed by atoms with Crippen molar-refractivity contribution in [2.75, 3.05) is 0 Å². The molecule has 0 bridgehead atoms. The quantitative estimate of drug-likeness (QED) is 0.625. The lowest BCUT2D eigenvalue weighted by molar-refractivity contribution is -0.130. The highest BCUT2D eigenvalue weighted by atomic mass is 16.1. The molecule has 1 atom stereocenters. The zero-order valence-corrected chi connectivity index (χ0v) is 8.89. The van der Waals surface area contributed by atoms with E-state index in [4.69, 9.17) is 0 Å². The van der Waals surface area contributed by atoms with E-state index >= 15 is 0 Å². The van der Waals surface area contributed by atoms with Crippen LogP contribution < -0.4 is 0 Å². The van der Waals surface area contributed by atoms with Gasteiger partial charge in [-0.15, -0.1) is 0 Å². The number of hydrogen-bond donors (Lipinski definition) is 0. The lowest BCUT2D eigenvalue weighted by Gasteiger charge is -2.10. The van der Waals surface area contributed by atoms with Gasteiger partial charge >= 0.3 is 0 Å². The van der Waals surface area contributed by atoms with E-state index in [9.17, 15) is 9.59 Å². The number of rotatable bonds is 4. The Morgan fingerprint density at radius 3 is 1.92 bits per heavy atom. The Balaban J connectivity index is 2.51. The predicted octanol–water partition coefficient (Wildman–Crippen LogP) is 2.22. The zero-order valence-electron chi connectivity index (χ0n) is 8.89. The first kappa shape index (κ1) is 10.4. The fourth-order valence-electron chi connectivity index (χ4n) is 1.88. The third kappa shape index (κ3) is 2.39. The standard InChI is InChI=1S/C11H18O2/c1-7(12)10(8(2)13)5-9-6-11(9,3)4/h9-10H,5-6H2,1-4H3. The third-order valence-electron chi connectivity index (χ3n) is 3.22. The molecule has 2 heteroatoms. The molecule has 1 aliphatic rings. The van der Waals surface area contributed by atoms with E-state index in [0.29, 0.717) is 11.3 Å². The summed E-state index contributed by atoms with van der Waals surface area (Å²) in [5.74, 6) is 0.280. The van der Waals surface area contributed by atoms with E-state index in [1.165, 1.54) is 13.8 Å². The SMILES string of the molecule is CC(=O)C(CC1CC1(C)C)C(C)=O. The first-order valence-corrected chi connectivity index (χ1v) is 4.85. The van der Waals surface area contributed by atoms with Gasteiger partial charge in [0, 0.05) is 0 Å². The molecule has 0 aliphatic heterocycles. The van der Waals surface area contributed by atoms with Crippen molar-refractivity contribution in [3.63, 3.8) is 0 Å². The molecule has 0 aromatic heterocycles. The molecule has 0 spiro atoms. The molecule has 74 valence electrons. The van der Waals surface area contributed by atoms with E-state index in [-0.39, 0.29) is 17.5 Å². The van der Waals surface area contributed by atoms with Gasteiger partial charge in [-0.1, -0.05) is 13.8 Å². The number of Topliss-reactive ketones (excluding diaryl/α,β-unsaturated/α-hetero) is 2. The molecule has 2 nitrogen and oxygen atoms in total. The smallest absolute Gasteiger partial charge is 0.140 e. The second-order valence-electron chi connectivity index (χ2n) is 4.90.